The Balaban J connectivity index is 0.000000142. The molecule has 0 unspecified atom stereocenters. The summed E-state index contributed by atoms with van der Waals surface area (Å²) in [6.45, 7) is 14.6. The Morgan fingerprint density at radius 1 is 0.611 bits per heavy atom. The summed E-state index contributed by atoms with van der Waals surface area (Å²) in [7, 11) is 0. The quantitative estimate of drug-likeness (QED) is 0.256. The molecule has 2 fully saturated rings. The van der Waals surface area contributed by atoms with Crippen molar-refractivity contribution in [1.82, 2.24) is 59.6 Å². The number of piperazine rings is 2. The van der Waals surface area contributed by atoms with Crippen molar-refractivity contribution < 1.29 is 18.9 Å². The van der Waals surface area contributed by atoms with E-state index in [1.165, 1.54) is 11.1 Å². The minimum atomic E-state index is 0.168. The Morgan fingerprint density at radius 2 is 1.06 bits per heavy atom. The van der Waals surface area contributed by atoms with Gasteiger partial charge in [0.15, 0.2) is 23.0 Å². The summed E-state index contributed by atoms with van der Waals surface area (Å²) < 4.78 is 25.6. The summed E-state index contributed by atoms with van der Waals surface area (Å²) >= 11 is 0. The molecule has 280 valence electrons. The average molecular weight is 733 g/mol. The monoisotopic (exact) mass is 732 g/mol. The number of ether oxygens (including phenoxy) is 4. The number of fused-ring (bicyclic) bond motifs is 4. The van der Waals surface area contributed by atoms with E-state index < -0.39 is 0 Å². The minimum absolute atomic E-state index is 0.168. The molecular weight excluding hydrogens is 688 g/mol. The molecule has 2 N–H and O–H groups in total. The van der Waals surface area contributed by atoms with Crippen molar-refractivity contribution in [1.29, 1.82) is 0 Å². The Hall–Kier alpha value is -5.42. The Morgan fingerprint density at radius 3 is 1.52 bits per heavy atom. The van der Waals surface area contributed by atoms with Gasteiger partial charge in [-0.1, -0.05) is 12.1 Å². The largest absolute Gasteiger partial charge is 0.454 e. The van der Waals surface area contributed by atoms with Gasteiger partial charge in [0.2, 0.25) is 13.6 Å². The van der Waals surface area contributed by atoms with Crippen LogP contribution in [0.5, 0.6) is 23.0 Å². The predicted molar refractivity (Wildman–Crippen MR) is 198 cm³/mol. The van der Waals surface area contributed by atoms with E-state index in [4.69, 9.17) is 18.9 Å². The molecule has 0 aliphatic carbocycles. The number of aromatic nitrogens is 8. The SMILES string of the molecule is Cc1cc([C@H]2CN([C@@H](C)c3ccc4c(c3)OCO4)CCN2)n2ncnc2n1.Cc1cc([C@H]2CN([C@H](C)c3ccc4c(c3)OCO4)CCN2)n2ncnc2n1. The zero-order valence-electron chi connectivity index (χ0n) is 30.8. The Bertz CT molecular complexity index is 2130. The van der Waals surface area contributed by atoms with Crippen LogP contribution in [0, 0.1) is 13.8 Å². The van der Waals surface area contributed by atoms with Crippen LogP contribution in [0.3, 0.4) is 0 Å². The van der Waals surface area contributed by atoms with Gasteiger partial charge in [0.1, 0.15) is 12.7 Å². The van der Waals surface area contributed by atoms with Crippen LogP contribution in [-0.2, 0) is 0 Å². The maximum Gasteiger partial charge on any atom is 0.252 e. The summed E-state index contributed by atoms with van der Waals surface area (Å²) in [5.41, 5.74) is 6.56. The van der Waals surface area contributed by atoms with E-state index in [2.05, 4.69) is 101 Å². The molecule has 4 aliphatic heterocycles. The molecule has 8 heterocycles. The zero-order valence-corrected chi connectivity index (χ0v) is 30.8. The first kappa shape index (κ1) is 34.4. The average Bonchev–Trinajstić information content (AvgIpc) is 4.04. The maximum atomic E-state index is 5.54. The molecule has 0 spiro atoms. The number of rotatable bonds is 6. The van der Waals surface area contributed by atoms with Crippen molar-refractivity contribution in [2.24, 2.45) is 0 Å². The van der Waals surface area contributed by atoms with Crippen molar-refractivity contribution in [2.75, 3.05) is 52.9 Å². The fourth-order valence-corrected chi connectivity index (χ4v) is 7.83. The molecule has 0 saturated carbocycles. The van der Waals surface area contributed by atoms with Gasteiger partial charge in [0.25, 0.3) is 11.6 Å². The molecular formula is C38H44N12O4. The minimum Gasteiger partial charge on any atom is -0.454 e. The summed E-state index contributed by atoms with van der Waals surface area (Å²) in [4.78, 5) is 22.4. The maximum absolute atomic E-state index is 5.54. The van der Waals surface area contributed by atoms with Crippen molar-refractivity contribution >= 4 is 11.6 Å². The highest BCUT2D eigenvalue weighted by Crippen LogP contribution is 2.37. The van der Waals surface area contributed by atoms with E-state index in [9.17, 15) is 0 Å². The smallest absolute Gasteiger partial charge is 0.252 e. The Kier molecular flexibility index (Phi) is 9.18. The molecule has 0 radical (unpaired) electrons. The predicted octanol–water partition coefficient (Wildman–Crippen LogP) is 3.74. The van der Waals surface area contributed by atoms with Crippen LogP contribution < -0.4 is 29.6 Å². The van der Waals surface area contributed by atoms with Gasteiger partial charge in [0.05, 0.1) is 23.5 Å². The van der Waals surface area contributed by atoms with E-state index >= 15 is 0 Å². The lowest BCUT2D eigenvalue weighted by molar-refractivity contribution is 0.150. The van der Waals surface area contributed by atoms with Gasteiger partial charge >= 0.3 is 0 Å². The summed E-state index contributed by atoms with van der Waals surface area (Å²) in [6, 6.07) is 17.5. The molecule has 54 heavy (non-hydrogen) atoms. The Labute approximate surface area is 312 Å². The summed E-state index contributed by atoms with van der Waals surface area (Å²) in [5.74, 6) is 4.61. The summed E-state index contributed by atoms with van der Waals surface area (Å²) in [6.07, 6.45) is 3.11. The first-order chi connectivity index (χ1) is 26.4. The van der Waals surface area contributed by atoms with Crippen molar-refractivity contribution in [3.05, 3.63) is 95.1 Å². The number of hydrogen-bond acceptors (Lipinski definition) is 14. The highest BCUT2D eigenvalue weighted by atomic mass is 16.7. The first-order valence-electron chi connectivity index (χ1n) is 18.5. The third-order valence-corrected chi connectivity index (χ3v) is 10.8. The summed E-state index contributed by atoms with van der Waals surface area (Å²) in [5, 5.41) is 16.0. The molecule has 16 nitrogen and oxygen atoms in total. The standard InChI is InChI=1S/2C19H22N6O2/c2*1-12-7-16(25-19(23-12)21-10-22-25)15-9-24(6-5-20-15)13(2)14-3-4-17-18(8-14)27-11-26-17/h2*3-4,7-8,10,13,15,20H,5-6,9,11H2,1-2H3/t13-,15+;13-,15-/m01/s1. The molecule has 0 bridgehead atoms. The lowest BCUT2D eigenvalue weighted by Gasteiger charge is -2.37. The van der Waals surface area contributed by atoms with Crippen LogP contribution in [0.25, 0.3) is 11.6 Å². The van der Waals surface area contributed by atoms with Crippen LogP contribution in [0.15, 0.2) is 61.2 Å². The van der Waals surface area contributed by atoms with Crippen molar-refractivity contribution in [2.45, 2.75) is 51.9 Å². The number of benzene rings is 2. The van der Waals surface area contributed by atoms with Crippen LogP contribution in [0.1, 0.15) is 71.9 Å². The van der Waals surface area contributed by atoms with Crippen LogP contribution in [0.2, 0.25) is 0 Å². The normalized spacial score (nSPS) is 20.9. The fourth-order valence-electron chi connectivity index (χ4n) is 7.83. The highest BCUT2D eigenvalue weighted by molar-refractivity contribution is 5.46. The van der Waals surface area contributed by atoms with Crippen molar-refractivity contribution in [3.8, 4) is 23.0 Å². The van der Waals surface area contributed by atoms with Crippen LogP contribution >= 0.6 is 0 Å². The second-order valence-corrected chi connectivity index (χ2v) is 14.2. The second kappa shape index (κ2) is 14.4. The van der Waals surface area contributed by atoms with E-state index in [1.54, 1.807) is 12.7 Å². The van der Waals surface area contributed by atoms with Gasteiger partial charge in [-0.15, -0.1) is 0 Å². The third-order valence-electron chi connectivity index (χ3n) is 10.8. The van der Waals surface area contributed by atoms with Crippen molar-refractivity contribution in [3.63, 3.8) is 0 Å². The number of hydrogen-bond donors (Lipinski definition) is 2. The lowest BCUT2D eigenvalue weighted by Crippen LogP contribution is -2.47. The van der Waals surface area contributed by atoms with Crippen LogP contribution in [-0.4, -0.2) is 102 Å². The number of nitrogens with one attached hydrogen (secondary N) is 2. The molecule has 6 aromatic rings. The van der Waals surface area contributed by atoms with E-state index in [0.717, 1.165) is 85.0 Å². The van der Waals surface area contributed by atoms with E-state index in [1.807, 2.05) is 35.0 Å². The molecule has 2 aromatic carbocycles. The van der Waals surface area contributed by atoms with Crippen LogP contribution in [0.4, 0.5) is 0 Å². The van der Waals surface area contributed by atoms with Gasteiger partial charge in [-0.05, 0) is 75.2 Å². The molecule has 10 rings (SSSR count). The second-order valence-electron chi connectivity index (χ2n) is 14.2. The molecule has 2 saturated heterocycles. The molecule has 16 heteroatoms. The first-order valence-corrected chi connectivity index (χ1v) is 18.5. The molecule has 4 aliphatic rings. The number of nitrogens with zero attached hydrogens (tertiary/aromatic N) is 10. The number of aryl methyl sites for hydroxylation is 2. The van der Waals surface area contributed by atoms with E-state index in [0.29, 0.717) is 25.1 Å². The highest BCUT2D eigenvalue weighted by Gasteiger charge is 2.30. The van der Waals surface area contributed by atoms with E-state index in [-0.39, 0.29) is 24.2 Å². The van der Waals surface area contributed by atoms with Gasteiger partial charge in [0, 0.05) is 62.7 Å². The molecule has 4 aromatic heterocycles. The van der Waals surface area contributed by atoms with Gasteiger partial charge in [-0.25, -0.2) is 9.97 Å². The van der Waals surface area contributed by atoms with Gasteiger partial charge in [-0.3, -0.25) is 9.80 Å². The van der Waals surface area contributed by atoms with Gasteiger partial charge in [-0.2, -0.15) is 29.2 Å². The fraction of sp³-hybridized carbons (Fsp3) is 0.421. The van der Waals surface area contributed by atoms with Gasteiger partial charge < -0.3 is 29.6 Å². The topological polar surface area (TPSA) is 154 Å². The molecule has 4 atom stereocenters. The third kappa shape index (κ3) is 6.66. The zero-order chi connectivity index (χ0) is 36.8. The molecule has 0 amide bonds. The lowest BCUT2D eigenvalue weighted by atomic mass is 10.0.